The Morgan fingerprint density at radius 2 is 2.05 bits per heavy atom. The average Bonchev–Trinajstić information content (AvgIpc) is 2.49. The SMILES string of the molecule is Cc1nn(C)c(SCCS(C)(=O)=O)c1CNC(C)C. The van der Waals surface area contributed by atoms with Gasteiger partial charge in [-0.3, -0.25) is 4.68 Å². The van der Waals surface area contributed by atoms with Crippen LogP contribution in [0.2, 0.25) is 0 Å². The minimum absolute atomic E-state index is 0.193. The zero-order valence-corrected chi connectivity index (χ0v) is 13.9. The van der Waals surface area contributed by atoms with Crippen molar-refractivity contribution in [1.82, 2.24) is 15.1 Å². The summed E-state index contributed by atoms with van der Waals surface area (Å²) >= 11 is 1.55. The monoisotopic (exact) mass is 305 g/mol. The number of nitrogens with one attached hydrogen (secondary N) is 1. The lowest BCUT2D eigenvalue weighted by atomic mass is 10.2. The quantitative estimate of drug-likeness (QED) is 0.771. The van der Waals surface area contributed by atoms with Gasteiger partial charge in [0.1, 0.15) is 9.84 Å². The molecule has 0 unspecified atom stereocenters. The van der Waals surface area contributed by atoms with Gasteiger partial charge in [0, 0.05) is 37.2 Å². The molecule has 0 aliphatic heterocycles. The predicted molar refractivity (Wildman–Crippen MR) is 80.4 cm³/mol. The molecule has 19 heavy (non-hydrogen) atoms. The van der Waals surface area contributed by atoms with Gasteiger partial charge >= 0.3 is 0 Å². The zero-order chi connectivity index (χ0) is 14.6. The van der Waals surface area contributed by atoms with Gasteiger partial charge < -0.3 is 5.32 Å². The summed E-state index contributed by atoms with van der Waals surface area (Å²) in [5, 5.41) is 8.84. The van der Waals surface area contributed by atoms with Crippen LogP contribution in [-0.2, 0) is 23.4 Å². The number of aromatic nitrogens is 2. The molecule has 0 saturated heterocycles. The highest BCUT2D eigenvalue weighted by molar-refractivity contribution is 8.00. The molecule has 0 spiro atoms. The van der Waals surface area contributed by atoms with E-state index in [2.05, 4.69) is 24.3 Å². The number of aryl methyl sites for hydroxylation is 2. The zero-order valence-electron chi connectivity index (χ0n) is 12.2. The van der Waals surface area contributed by atoms with Gasteiger partial charge in [-0.05, 0) is 6.92 Å². The normalized spacial score (nSPS) is 12.3. The van der Waals surface area contributed by atoms with Gasteiger partial charge in [0.15, 0.2) is 0 Å². The molecule has 0 aliphatic carbocycles. The van der Waals surface area contributed by atoms with E-state index in [-0.39, 0.29) is 5.75 Å². The number of nitrogens with zero attached hydrogens (tertiary/aromatic N) is 2. The van der Waals surface area contributed by atoms with Crippen LogP contribution in [0.15, 0.2) is 5.03 Å². The smallest absolute Gasteiger partial charge is 0.148 e. The number of sulfone groups is 1. The van der Waals surface area contributed by atoms with E-state index in [0.717, 1.165) is 22.8 Å². The first-order valence-corrected chi connectivity index (χ1v) is 9.31. The first kappa shape index (κ1) is 16.5. The van der Waals surface area contributed by atoms with Gasteiger partial charge in [-0.25, -0.2) is 8.42 Å². The van der Waals surface area contributed by atoms with Crippen molar-refractivity contribution in [3.63, 3.8) is 0 Å². The fourth-order valence-corrected chi connectivity index (χ4v) is 4.02. The van der Waals surface area contributed by atoms with Gasteiger partial charge in [0.25, 0.3) is 0 Å². The van der Waals surface area contributed by atoms with E-state index < -0.39 is 9.84 Å². The third-order valence-corrected chi connectivity index (χ3v) is 5.07. The van der Waals surface area contributed by atoms with Crippen molar-refractivity contribution in [2.75, 3.05) is 17.8 Å². The summed E-state index contributed by atoms with van der Waals surface area (Å²) in [6.07, 6.45) is 1.27. The lowest BCUT2D eigenvalue weighted by Crippen LogP contribution is -2.22. The molecule has 1 N–H and O–H groups in total. The predicted octanol–water partition coefficient (Wildman–Crippen LogP) is 1.36. The second-order valence-corrected chi connectivity index (χ2v) is 8.35. The number of hydrogen-bond donors (Lipinski definition) is 1. The highest BCUT2D eigenvalue weighted by atomic mass is 32.2. The summed E-state index contributed by atoms with van der Waals surface area (Å²) in [7, 11) is -1.01. The van der Waals surface area contributed by atoms with Crippen molar-refractivity contribution in [2.24, 2.45) is 7.05 Å². The van der Waals surface area contributed by atoms with Crippen molar-refractivity contribution < 1.29 is 8.42 Å². The molecule has 0 atom stereocenters. The Balaban J connectivity index is 2.75. The van der Waals surface area contributed by atoms with Crippen molar-refractivity contribution in [2.45, 2.75) is 38.4 Å². The van der Waals surface area contributed by atoms with Crippen LogP contribution in [0, 0.1) is 6.92 Å². The highest BCUT2D eigenvalue weighted by Crippen LogP contribution is 2.25. The molecule has 0 radical (unpaired) electrons. The minimum Gasteiger partial charge on any atom is -0.310 e. The van der Waals surface area contributed by atoms with Crippen molar-refractivity contribution in [1.29, 1.82) is 0 Å². The second kappa shape index (κ2) is 6.76. The summed E-state index contributed by atoms with van der Waals surface area (Å²) in [6.45, 7) is 6.95. The molecule has 1 aromatic rings. The maximum atomic E-state index is 11.2. The van der Waals surface area contributed by atoms with Crippen LogP contribution >= 0.6 is 11.8 Å². The molecule has 0 bridgehead atoms. The maximum Gasteiger partial charge on any atom is 0.148 e. The second-order valence-electron chi connectivity index (χ2n) is 5.01. The van der Waals surface area contributed by atoms with Crippen LogP contribution in [0.3, 0.4) is 0 Å². The summed E-state index contributed by atoms with van der Waals surface area (Å²) < 4.78 is 24.2. The van der Waals surface area contributed by atoms with E-state index in [9.17, 15) is 8.42 Å². The Morgan fingerprint density at radius 3 is 2.58 bits per heavy atom. The number of thioether (sulfide) groups is 1. The summed E-state index contributed by atoms with van der Waals surface area (Å²) in [6, 6.07) is 0.411. The van der Waals surface area contributed by atoms with Crippen molar-refractivity contribution >= 4 is 21.6 Å². The lowest BCUT2D eigenvalue weighted by molar-refractivity contribution is 0.580. The Bertz CT molecular complexity index is 521. The molecule has 110 valence electrons. The molecule has 0 amide bonds. The standard InChI is InChI=1S/C12H23N3O2S2/c1-9(2)13-8-11-10(3)14-15(4)12(11)18-6-7-19(5,16)17/h9,13H,6-8H2,1-5H3. The van der Waals surface area contributed by atoms with Crippen LogP contribution in [0.1, 0.15) is 25.1 Å². The highest BCUT2D eigenvalue weighted by Gasteiger charge is 2.14. The maximum absolute atomic E-state index is 11.2. The summed E-state index contributed by atoms with van der Waals surface area (Å²) in [4.78, 5) is 0. The molecule has 1 rings (SSSR count). The minimum atomic E-state index is -2.91. The molecule has 0 fully saturated rings. The number of rotatable bonds is 7. The summed E-state index contributed by atoms with van der Waals surface area (Å²) in [5.41, 5.74) is 2.16. The van der Waals surface area contributed by atoms with Gasteiger partial charge in [-0.2, -0.15) is 5.10 Å². The van der Waals surface area contributed by atoms with Crippen LogP contribution in [0.25, 0.3) is 0 Å². The van der Waals surface area contributed by atoms with Crippen molar-refractivity contribution in [3.05, 3.63) is 11.3 Å². The first-order valence-electron chi connectivity index (χ1n) is 6.27. The van der Waals surface area contributed by atoms with Gasteiger partial charge in [0.2, 0.25) is 0 Å². The molecule has 7 heteroatoms. The fourth-order valence-electron chi connectivity index (χ4n) is 1.66. The molecular formula is C12H23N3O2S2. The van der Waals surface area contributed by atoms with Crippen LogP contribution < -0.4 is 5.32 Å². The molecule has 5 nitrogen and oxygen atoms in total. The van der Waals surface area contributed by atoms with Crippen LogP contribution in [0.5, 0.6) is 0 Å². The van der Waals surface area contributed by atoms with E-state index in [1.165, 1.54) is 6.26 Å². The number of hydrogen-bond acceptors (Lipinski definition) is 5. The van der Waals surface area contributed by atoms with E-state index in [4.69, 9.17) is 0 Å². The van der Waals surface area contributed by atoms with Crippen molar-refractivity contribution in [3.8, 4) is 0 Å². The summed E-state index contributed by atoms with van der Waals surface area (Å²) in [5.74, 6) is 0.755. The topological polar surface area (TPSA) is 64.0 Å². The molecule has 1 aromatic heterocycles. The Morgan fingerprint density at radius 1 is 1.42 bits per heavy atom. The Hall–Kier alpha value is -0.530. The molecular weight excluding hydrogens is 282 g/mol. The van der Waals surface area contributed by atoms with Crippen LogP contribution in [-0.4, -0.2) is 42.0 Å². The molecule has 0 aliphatic rings. The van der Waals surface area contributed by atoms with Gasteiger partial charge in [-0.1, -0.05) is 13.8 Å². The van der Waals surface area contributed by atoms with E-state index >= 15 is 0 Å². The van der Waals surface area contributed by atoms with Crippen LogP contribution in [0.4, 0.5) is 0 Å². The average molecular weight is 305 g/mol. The van der Waals surface area contributed by atoms with Gasteiger partial charge in [-0.15, -0.1) is 11.8 Å². The Kier molecular flexibility index (Phi) is 5.88. The molecule has 0 saturated carbocycles. The third kappa shape index (κ3) is 5.54. The van der Waals surface area contributed by atoms with E-state index in [0.29, 0.717) is 11.8 Å². The third-order valence-electron chi connectivity index (χ3n) is 2.67. The molecule has 0 aromatic carbocycles. The fraction of sp³-hybridized carbons (Fsp3) is 0.750. The first-order chi connectivity index (χ1) is 8.70. The Labute approximate surface area is 120 Å². The van der Waals surface area contributed by atoms with E-state index in [1.807, 2.05) is 18.7 Å². The largest absolute Gasteiger partial charge is 0.310 e. The lowest BCUT2D eigenvalue weighted by Gasteiger charge is -2.10. The molecule has 1 heterocycles. The van der Waals surface area contributed by atoms with E-state index in [1.54, 1.807) is 11.8 Å². The van der Waals surface area contributed by atoms with Gasteiger partial charge in [0.05, 0.1) is 16.5 Å².